The van der Waals surface area contributed by atoms with Crippen LogP contribution < -0.4 is 0 Å². The highest BCUT2D eigenvalue weighted by atomic mass is 16.4. The number of unbranched alkanes of at least 4 members (excludes halogenated alkanes) is 17. The van der Waals surface area contributed by atoms with Crippen LogP contribution in [0, 0.1) is 0 Å². The van der Waals surface area contributed by atoms with E-state index in [4.69, 9.17) is 0 Å². The lowest BCUT2D eigenvalue weighted by atomic mass is 9.90. The van der Waals surface area contributed by atoms with Crippen LogP contribution in [0.3, 0.4) is 0 Å². The molecule has 1 rings (SSSR count). The van der Waals surface area contributed by atoms with Gasteiger partial charge in [0.05, 0.1) is 0 Å². The van der Waals surface area contributed by atoms with E-state index in [2.05, 4.69) is 11.8 Å². The van der Waals surface area contributed by atoms with Crippen LogP contribution in [0.1, 0.15) is 155 Å². The Morgan fingerprint density at radius 3 is 1.35 bits per heavy atom. The van der Waals surface area contributed by atoms with Gasteiger partial charge in [0.25, 0.3) is 0 Å². The largest absolute Gasteiger partial charge is 0.480 e. The molecule has 0 aromatic carbocycles. The van der Waals surface area contributed by atoms with Gasteiger partial charge in [0.15, 0.2) is 0 Å². The number of hydrogen-bond donors (Lipinski definition) is 1. The summed E-state index contributed by atoms with van der Waals surface area (Å²) in [4.78, 5) is 14.1. The predicted octanol–water partition coefficient (Wildman–Crippen LogP) is 8.75. The van der Waals surface area contributed by atoms with E-state index in [1.54, 1.807) is 0 Å². The Morgan fingerprint density at radius 2 is 1.00 bits per heavy atom. The van der Waals surface area contributed by atoms with Gasteiger partial charge >= 0.3 is 5.97 Å². The molecule has 1 aliphatic rings. The van der Waals surface area contributed by atoms with E-state index in [0.717, 1.165) is 38.8 Å². The molecule has 0 amide bonds. The molecule has 31 heavy (non-hydrogen) atoms. The fourth-order valence-electron chi connectivity index (χ4n) is 5.16. The molecule has 0 bridgehead atoms. The van der Waals surface area contributed by atoms with Gasteiger partial charge in [-0.25, -0.2) is 0 Å². The van der Waals surface area contributed by atoms with Crippen molar-refractivity contribution in [3.63, 3.8) is 0 Å². The van der Waals surface area contributed by atoms with Crippen molar-refractivity contribution in [1.82, 2.24) is 4.90 Å². The molecule has 3 nitrogen and oxygen atoms in total. The zero-order valence-corrected chi connectivity index (χ0v) is 21.3. The number of carboxylic acid groups (broad SMARTS) is 1. The van der Waals surface area contributed by atoms with Gasteiger partial charge in [-0.05, 0) is 39.3 Å². The van der Waals surface area contributed by atoms with Gasteiger partial charge in [0, 0.05) is 0 Å². The molecule has 0 saturated carbocycles. The lowest BCUT2D eigenvalue weighted by molar-refractivity contribution is -0.152. The van der Waals surface area contributed by atoms with Gasteiger partial charge in [0.2, 0.25) is 0 Å². The SMILES string of the molecule is CCCCCCCCCCCCCCCCCCCCC(C)(C(=O)O)N1CCCCC1. The smallest absolute Gasteiger partial charge is 0.323 e. The van der Waals surface area contributed by atoms with Crippen molar-refractivity contribution in [2.24, 2.45) is 0 Å². The van der Waals surface area contributed by atoms with E-state index in [0.29, 0.717) is 0 Å². The minimum Gasteiger partial charge on any atom is -0.480 e. The van der Waals surface area contributed by atoms with Gasteiger partial charge < -0.3 is 5.11 Å². The molecule has 1 N–H and O–H groups in total. The number of carboxylic acids is 1. The Kier molecular flexibility index (Phi) is 17.4. The number of piperidine rings is 1. The topological polar surface area (TPSA) is 40.5 Å². The Morgan fingerprint density at radius 1 is 0.645 bits per heavy atom. The number of likely N-dealkylation sites (tertiary alicyclic amines) is 1. The van der Waals surface area contributed by atoms with Crippen molar-refractivity contribution in [3.05, 3.63) is 0 Å². The van der Waals surface area contributed by atoms with Crippen LogP contribution in [0.4, 0.5) is 0 Å². The zero-order valence-electron chi connectivity index (χ0n) is 21.3. The number of carbonyl (C=O) groups is 1. The summed E-state index contributed by atoms with van der Waals surface area (Å²) in [5.74, 6) is -0.624. The molecule has 0 aliphatic carbocycles. The Bertz CT molecular complexity index is 419. The molecule has 0 aromatic heterocycles. The van der Waals surface area contributed by atoms with Crippen molar-refractivity contribution >= 4 is 5.97 Å². The van der Waals surface area contributed by atoms with E-state index < -0.39 is 11.5 Å². The number of rotatable bonds is 21. The third-order valence-electron chi connectivity index (χ3n) is 7.53. The van der Waals surface area contributed by atoms with Crippen molar-refractivity contribution in [3.8, 4) is 0 Å². The summed E-state index contributed by atoms with van der Waals surface area (Å²) < 4.78 is 0. The molecule has 1 saturated heterocycles. The van der Waals surface area contributed by atoms with Crippen molar-refractivity contribution < 1.29 is 9.90 Å². The van der Waals surface area contributed by atoms with E-state index in [-0.39, 0.29) is 0 Å². The van der Waals surface area contributed by atoms with Gasteiger partial charge in [-0.2, -0.15) is 0 Å². The standard InChI is InChI=1S/C28H55NO2/c1-3-4-5-6-7-8-9-10-11-12-13-14-15-16-17-18-19-21-24-28(2,27(30)31)29-25-22-20-23-26-29/h3-26H2,1-2H3,(H,30,31). The maximum absolute atomic E-state index is 11.9. The molecule has 0 aromatic rings. The monoisotopic (exact) mass is 437 g/mol. The molecule has 1 heterocycles. The number of nitrogens with zero attached hydrogens (tertiary/aromatic N) is 1. The average molecular weight is 438 g/mol. The summed E-state index contributed by atoms with van der Waals surface area (Å²) in [5.41, 5.74) is -0.643. The molecule has 1 unspecified atom stereocenters. The van der Waals surface area contributed by atoms with Crippen LogP contribution in [0.5, 0.6) is 0 Å². The molecular formula is C28H55NO2. The molecule has 0 radical (unpaired) electrons. The average Bonchev–Trinajstić information content (AvgIpc) is 2.78. The summed E-state index contributed by atoms with van der Waals surface area (Å²) in [7, 11) is 0. The molecule has 1 fully saturated rings. The summed E-state index contributed by atoms with van der Waals surface area (Å²) in [6, 6.07) is 0. The highest BCUT2D eigenvalue weighted by molar-refractivity contribution is 5.78. The molecule has 184 valence electrons. The maximum atomic E-state index is 11.9. The van der Waals surface area contributed by atoms with Gasteiger partial charge in [-0.3, -0.25) is 9.69 Å². The third kappa shape index (κ3) is 13.5. The Labute approximate surface area is 194 Å². The molecule has 1 atom stereocenters. The second kappa shape index (κ2) is 18.9. The molecular weight excluding hydrogens is 382 g/mol. The Hall–Kier alpha value is -0.570. The first-order chi connectivity index (χ1) is 15.1. The summed E-state index contributed by atoms with van der Waals surface area (Å²) in [5, 5.41) is 9.79. The zero-order chi connectivity index (χ0) is 22.6. The third-order valence-corrected chi connectivity index (χ3v) is 7.53. The van der Waals surface area contributed by atoms with E-state index >= 15 is 0 Å². The van der Waals surface area contributed by atoms with Crippen molar-refractivity contribution in [2.75, 3.05) is 13.1 Å². The van der Waals surface area contributed by atoms with Crippen molar-refractivity contribution in [1.29, 1.82) is 0 Å². The lowest BCUT2D eigenvalue weighted by Crippen LogP contribution is -2.54. The number of aliphatic carboxylic acids is 1. The summed E-state index contributed by atoms with van der Waals surface area (Å²) in [6.45, 7) is 6.16. The number of hydrogen-bond acceptors (Lipinski definition) is 2. The molecule has 3 heteroatoms. The summed E-state index contributed by atoms with van der Waals surface area (Å²) in [6.07, 6.45) is 29.1. The minimum absolute atomic E-state index is 0.624. The van der Waals surface area contributed by atoms with Crippen LogP contribution in [-0.4, -0.2) is 34.6 Å². The minimum atomic E-state index is -0.643. The van der Waals surface area contributed by atoms with Crippen LogP contribution in [0.25, 0.3) is 0 Å². The maximum Gasteiger partial charge on any atom is 0.323 e. The second-order valence-corrected chi connectivity index (χ2v) is 10.4. The molecule has 1 aliphatic heterocycles. The van der Waals surface area contributed by atoms with Crippen molar-refractivity contribution in [2.45, 2.75) is 161 Å². The first kappa shape index (κ1) is 28.5. The lowest BCUT2D eigenvalue weighted by Gasteiger charge is -2.40. The quantitative estimate of drug-likeness (QED) is 0.182. The normalized spacial score (nSPS) is 17.0. The fourth-order valence-corrected chi connectivity index (χ4v) is 5.16. The van der Waals surface area contributed by atoms with Crippen LogP contribution in [0.15, 0.2) is 0 Å². The van der Waals surface area contributed by atoms with Crippen LogP contribution in [0.2, 0.25) is 0 Å². The summed E-state index contributed by atoms with van der Waals surface area (Å²) >= 11 is 0. The highest BCUT2D eigenvalue weighted by Gasteiger charge is 2.39. The first-order valence-corrected chi connectivity index (χ1v) is 14.1. The predicted molar refractivity (Wildman–Crippen MR) is 135 cm³/mol. The van der Waals surface area contributed by atoms with Gasteiger partial charge in [-0.1, -0.05) is 129 Å². The second-order valence-electron chi connectivity index (χ2n) is 10.4. The van der Waals surface area contributed by atoms with E-state index in [1.807, 2.05) is 6.92 Å². The van der Waals surface area contributed by atoms with E-state index in [9.17, 15) is 9.90 Å². The van der Waals surface area contributed by atoms with Crippen LogP contribution >= 0.6 is 0 Å². The fraction of sp³-hybridized carbons (Fsp3) is 0.964. The highest BCUT2D eigenvalue weighted by Crippen LogP contribution is 2.27. The Balaban J connectivity index is 1.87. The molecule has 0 spiro atoms. The first-order valence-electron chi connectivity index (χ1n) is 14.1. The van der Waals surface area contributed by atoms with Gasteiger partial charge in [0.1, 0.15) is 5.54 Å². The van der Waals surface area contributed by atoms with Crippen LogP contribution in [-0.2, 0) is 4.79 Å². The van der Waals surface area contributed by atoms with E-state index in [1.165, 1.54) is 116 Å². The van der Waals surface area contributed by atoms with Gasteiger partial charge in [-0.15, -0.1) is 0 Å².